The molecule has 0 spiro atoms. The second-order valence-corrected chi connectivity index (χ2v) is 4.49. The average molecular weight is 218 g/mol. The second kappa shape index (κ2) is 4.76. The van der Waals surface area contributed by atoms with Crippen molar-refractivity contribution in [3.63, 3.8) is 0 Å². The molecule has 1 heterocycles. The number of hydrogen-bond donors (Lipinski definition) is 1. The smallest absolute Gasteiger partial charge is 0.176 e. The molecule has 0 atom stereocenters. The zero-order valence-corrected chi connectivity index (χ0v) is 9.86. The summed E-state index contributed by atoms with van der Waals surface area (Å²) < 4.78 is 0. The first kappa shape index (κ1) is 11.3. The molecule has 16 heavy (non-hydrogen) atoms. The third kappa shape index (κ3) is 2.31. The molecule has 1 fully saturated rings. The molecule has 0 amide bonds. The van der Waals surface area contributed by atoms with Crippen LogP contribution in [-0.4, -0.2) is 44.4 Å². The van der Waals surface area contributed by atoms with Gasteiger partial charge < -0.3 is 10.2 Å². The molecule has 1 aromatic rings. The van der Waals surface area contributed by atoms with E-state index in [1.807, 2.05) is 12.1 Å². The fourth-order valence-electron chi connectivity index (χ4n) is 2.11. The highest BCUT2D eigenvalue weighted by atomic mass is 16.1. The van der Waals surface area contributed by atoms with Gasteiger partial charge in [-0.15, -0.1) is 0 Å². The predicted molar refractivity (Wildman–Crippen MR) is 64.9 cm³/mol. The van der Waals surface area contributed by atoms with Crippen molar-refractivity contribution in [2.24, 2.45) is 0 Å². The summed E-state index contributed by atoms with van der Waals surface area (Å²) in [7, 11) is 3.91. The van der Waals surface area contributed by atoms with Gasteiger partial charge in [-0.1, -0.05) is 24.3 Å². The topological polar surface area (TPSA) is 32.3 Å². The maximum atomic E-state index is 11.6. The van der Waals surface area contributed by atoms with E-state index in [-0.39, 0.29) is 5.78 Å². The first-order valence-corrected chi connectivity index (χ1v) is 5.67. The third-order valence-electron chi connectivity index (χ3n) is 3.11. The van der Waals surface area contributed by atoms with E-state index in [2.05, 4.69) is 29.4 Å². The number of benzene rings is 1. The molecule has 0 radical (unpaired) electrons. The van der Waals surface area contributed by atoms with Gasteiger partial charge in [0.25, 0.3) is 0 Å². The van der Waals surface area contributed by atoms with Crippen molar-refractivity contribution in [2.45, 2.75) is 5.92 Å². The Balaban J connectivity index is 2.02. The fourth-order valence-corrected chi connectivity index (χ4v) is 2.11. The van der Waals surface area contributed by atoms with Crippen molar-refractivity contribution in [1.29, 1.82) is 0 Å². The number of likely N-dealkylation sites (N-methyl/N-ethyl adjacent to an activating group) is 2. The standard InChI is InChI=1S/C13H18N2O/c1-14-7-13(16)11-5-3-10(4-6-11)12-8-15(2)9-12/h3-6,12,14H,7-9H2,1-2H3. The van der Waals surface area contributed by atoms with E-state index in [0.29, 0.717) is 12.5 Å². The summed E-state index contributed by atoms with van der Waals surface area (Å²) in [5.41, 5.74) is 2.14. The molecule has 2 rings (SSSR count). The number of carbonyl (C=O) groups is 1. The minimum absolute atomic E-state index is 0.153. The first-order valence-electron chi connectivity index (χ1n) is 5.67. The summed E-state index contributed by atoms with van der Waals surface area (Å²) in [4.78, 5) is 13.9. The molecule has 1 aliphatic heterocycles. The Morgan fingerprint density at radius 1 is 1.38 bits per heavy atom. The number of hydrogen-bond acceptors (Lipinski definition) is 3. The van der Waals surface area contributed by atoms with Crippen LogP contribution in [0.2, 0.25) is 0 Å². The van der Waals surface area contributed by atoms with Gasteiger partial charge in [0.2, 0.25) is 0 Å². The molecule has 1 N–H and O–H groups in total. The zero-order chi connectivity index (χ0) is 11.5. The number of carbonyl (C=O) groups excluding carboxylic acids is 1. The van der Waals surface area contributed by atoms with Crippen molar-refractivity contribution in [2.75, 3.05) is 33.7 Å². The molecule has 0 aliphatic carbocycles. The van der Waals surface area contributed by atoms with Crippen LogP contribution in [0, 0.1) is 0 Å². The summed E-state index contributed by atoms with van der Waals surface area (Å²) >= 11 is 0. The molecule has 3 heteroatoms. The predicted octanol–water partition coefficient (Wildman–Crippen LogP) is 1.12. The summed E-state index contributed by atoms with van der Waals surface area (Å²) in [5.74, 6) is 0.804. The molecule has 0 aromatic heterocycles. The number of nitrogens with one attached hydrogen (secondary N) is 1. The molecule has 1 aliphatic rings. The number of ketones is 1. The lowest BCUT2D eigenvalue weighted by molar-refractivity contribution is 0.0993. The zero-order valence-electron chi connectivity index (χ0n) is 9.86. The summed E-state index contributed by atoms with van der Waals surface area (Å²) in [6, 6.07) is 8.04. The highest BCUT2D eigenvalue weighted by Gasteiger charge is 2.24. The molecule has 0 saturated carbocycles. The second-order valence-electron chi connectivity index (χ2n) is 4.49. The van der Waals surface area contributed by atoms with Gasteiger partial charge in [0, 0.05) is 24.6 Å². The highest BCUT2D eigenvalue weighted by Crippen LogP contribution is 2.25. The van der Waals surface area contributed by atoms with E-state index in [0.717, 1.165) is 18.7 Å². The van der Waals surface area contributed by atoms with Crippen molar-refractivity contribution < 1.29 is 4.79 Å². The minimum Gasteiger partial charge on any atom is -0.313 e. The van der Waals surface area contributed by atoms with E-state index in [1.54, 1.807) is 7.05 Å². The maximum Gasteiger partial charge on any atom is 0.176 e. The molecule has 1 aromatic carbocycles. The molecule has 0 bridgehead atoms. The molecule has 86 valence electrons. The Morgan fingerprint density at radius 2 is 2.00 bits per heavy atom. The minimum atomic E-state index is 0.153. The van der Waals surface area contributed by atoms with Crippen LogP contribution in [0.15, 0.2) is 24.3 Å². The first-order chi connectivity index (χ1) is 7.70. The number of rotatable bonds is 4. The molecule has 3 nitrogen and oxygen atoms in total. The lowest BCUT2D eigenvalue weighted by atomic mass is 9.91. The molecular weight excluding hydrogens is 200 g/mol. The normalized spacial score (nSPS) is 17.1. The van der Waals surface area contributed by atoms with Crippen LogP contribution in [0.1, 0.15) is 21.8 Å². The van der Waals surface area contributed by atoms with Gasteiger partial charge in [-0.3, -0.25) is 4.79 Å². The van der Waals surface area contributed by atoms with Crippen LogP contribution in [0.3, 0.4) is 0 Å². The van der Waals surface area contributed by atoms with Crippen molar-refractivity contribution >= 4 is 5.78 Å². The Labute approximate surface area is 96.5 Å². The van der Waals surface area contributed by atoms with E-state index >= 15 is 0 Å². The Kier molecular flexibility index (Phi) is 3.36. The van der Waals surface area contributed by atoms with Gasteiger partial charge >= 0.3 is 0 Å². The maximum absolute atomic E-state index is 11.6. The fraction of sp³-hybridized carbons (Fsp3) is 0.462. The summed E-state index contributed by atoms with van der Waals surface area (Å²) in [6.07, 6.45) is 0. The van der Waals surface area contributed by atoms with Crippen LogP contribution in [0.5, 0.6) is 0 Å². The van der Waals surface area contributed by atoms with Gasteiger partial charge in [0.1, 0.15) is 0 Å². The van der Waals surface area contributed by atoms with Crippen LogP contribution in [0.25, 0.3) is 0 Å². The summed E-state index contributed by atoms with van der Waals surface area (Å²) in [6.45, 7) is 2.67. The van der Waals surface area contributed by atoms with Crippen molar-refractivity contribution in [3.8, 4) is 0 Å². The lowest BCUT2D eigenvalue weighted by Crippen LogP contribution is -2.41. The van der Waals surface area contributed by atoms with E-state index in [1.165, 1.54) is 5.56 Å². The molecular formula is C13H18N2O. The Bertz CT molecular complexity index is 366. The Morgan fingerprint density at radius 3 is 2.50 bits per heavy atom. The highest BCUT2D eigenvalue weighted by molar-refractivity contribution is 5.97. The third-order valence-corrected chi connectivity index (χ3v) is 3.11. The van der Waals surface area contributed by atoms with Crippen molar-refractivity contribution in [1.82, 2.24) is 10.2 Å². The van der Waals surface area contributed by atoms with E-state index in [4.69, 9.17) is 0 Å². The van der Waals surface area contributed by atoms with Crippen LogP contribution in [-0.2, 0) is 0 Å². The van der Waals surface area contributed by atoms with Gasteiger partial charge in [0.05, 0.1) is 6.54 Å². The van der Waals surface area contributed by atoms with Crippen LogP contribution in [0.4, 0.5) is 0 Å². The Hall–Kier alpha value is -1.19. The van der Waals surface area contributed by atoms with E-state index < -0.39 is 0 Å². The van der Waals surface area contributed by atoms with Gasteiger partial charge in [-0.2, -0.15) is 0 Å². The number of likely N-dealkylation sites (tertiary alicyclic amines) is 1. The molecule has 1 saturated heterocycles. The van der Waals surface area contributed by atoms with Crippen molar-refractivity contribution in [3.05, 3.63) is 35.4 Å². The number of nitrogens with zero attached hydrogens (tertiary/aromatic N) is 1. The largest absolute Gasteiger partial charge is 0.313 e. The van der Waals surface area contributed by atoms with Crippen LogP contribution < -0.4 is 5.32 Å². The van der Waals surface area contributed by atoms with E-state index in [9.17, 15) is 4.79 Å². The molecule has 0 unspecified atom stereocenters. The van der Waals surface area contributed by atoms with Crippen LogP contribution >= 0.6 is 0 Å². The van der Waals surface area contributed by atoms with Gasteiger partial charge in [-0.25, -0.2) is 0 Å². The number of Topliss-reactive ketones (excluding diaryl/α,β-unsaturated/α-hetero) is 1. The van der Waals surface area contributed by atoms with Gasteiger partial charge in [0.15, 0.2) is 5.78 Å². The SMILES string of the molecule is CNCC(=O)c1ccc(C2CN(C)C2)cc1. The van der Waals surface area contributed by atoms with Gasteiger partial charge in [-0.05, 0) is 19.7 Å². The quantitative estimate of drug-likeness (QED) is 0.769. The monoisotopic (exact) mass is 218 g/mol. The summed E-state index contributed by atoms with van der Waals surface area (Å²) in [5, 5.41) is 2.88. The lowest BCUT2D eigenvalue weighted by Gasteiger charge is -2.36. The average Bonchev–Trinajstić information content (AvgIpc) is 2.25.